The predicted molar refractivity (Wildman–Crippen MR) is 69.9 cm³/mol. The minimum Gasteiger partial charge on any atom is -0.316 e. The minimum absolute atomic E-state index is 0.0747. The molecule has 0 aliphatic rings. The fraction of sp³-hybridized carbons (Fsp3) is 0.455. The third-order valence-corrected chi connectivity index (χ3v) is 4.35. The van der Waals surface area contributed by atoms with E-state index in [0.29, 0.717) is 11.6 Å². The van der Waals surface area contributed by atoms with Crippen molar-refractivity contribution in [1.82, 2.24) is 10.0 Å². The molecular formula is C11H17ClN2O2S. The van der Waals surface area contributed by atoms with Crippen LogP contribution in [-0.4, -0.2) is 28.1 Å². The molecular weight excluding hydrogens is 260 g/mol. The van der Waals surface area contributed by atoms with Crippen LogP contribution < -0.4 is 10.0 Å². The van der Waals surface area contributed by atoms with Crippen LogP contribution in [0.5, 0.6) is 0 Å². The van der Waals surface area contributed by atoms with Gasteiger partial charge in [-0.1, -0.05) is 17.7 Å². The third-order valence-electron chi connectivity index (χ3n) is 2.53. The second-order valence-corrected chi connectivity index (χ2v) is 6.13. The fourth-order valence-electron chi connectivity index (χ4n) is 1.16. The van der Waals surface area contributed by atoms with E-state index < -0.39 is 10.0 Å². The summed E-state index contributed by atoms with van der Waals surface area (Å²) in [7, 11) is -1.70. The maximum atomic E-state index is 11.9. The first-order chi connectivity index (χ1) is 7.86. The average molecular weight is 277 g/mol. The Morgan fingerprint density at radius 1 is 1.41 bits per heavy atom. The van der Waals surface area contributed by atoms with Crippen molar-refractivity contribution < 1.29 is 8.42 Å². The number of halogens is 1. The molecule has 0 spiro atoms. The van der Waals surface area contributed by atoms with Gasteiger partial charge in [-0.25, -0.2) is 13.1 Å². The highest BCUT2D eigenvalue weighted by molar-refractivity contribution is 7.89. The number of likely N-dealkylation sites (N-methyl/N-ethyl adjacent to an activating group) is 1. The molecule has 0 aromatic heterocycles. The molecule has 0 amide bonds. The van der Waals surface area contributed by atoms with E-state index in [1.54, 1.807) is 19.2 Å². The Morgan fingerprint density at radius 2 is 2.06 bits per heavy atom. The lowest BCUT2D eigenvalue weighted by Gasteiger charge is -2.12. The molecule has 0 aliphatic heterocycles. The largest absolute Gasteiger partial charge is 0.316 e. The Morgan fingerprint density at radius 3 is 2.59 bits per heavy atom. The van der Waals surface area contributed by atoms with Crippen LogP contribution in [0.25, 0.3) is 0 Å². The van der Waals surface area contributed by atoms with Gasteiger partial charge in [0.1, 0.15) is 0 Å². The summed E-state index contributed by atoms with van der Waals surface area (Å²) in [5, 5.41) is 3.41. The van der Waals surface area contributed by atoms with Crippen molar-refractivity contribution in [2.45, 2.75) is 24.8 Å². The van der Waals surface area contributed by atoms with E-state index in [1.165, 1.54) is 6.07 Å². The molecule has 0 fully saturated rings. The van der Waals surface area contributed by atoms with Gasteiger partial charge in [0.05, 0.1) is 4.90 Å². The van der Waals surface area contributed by atoms with Gasteiger partial charge in [0.15, 0.2) is 0 Å². The predicted octanol–water partition coefficient (Wildman–Crippen LogP) is 1.53. The molecule has 2 N–H and O–H groups in total. The van der Waals surface area contributed by atoms with Gasteiger partial charge in [0.2, 0.25) is 10.0 Å². The molecule has 0 aliphatic carbocycles. The second-order valence-electron chi connectivity index (χ2n) is 3.95. The minimum atomic E-state index is -3.48. The Labute approximate surface area is 107 Å². The zero-order valence-corrected chi connectivity index (χ0v) is 11.7. The van der Waals surface area contributed by atoms with Crippen LogP contribution in [0.1, 0.15) is 12.5 Å². The number of hydrogen-bond acceptors (Lipinski definition) is 3. The molecule has 1 aromatic carbocycles. The lowest BCUT2D eigenvalue weighted by molar-refractivity contribution is 0.554. The van der Waals surface area contributed by atoms with E-state index >= 15 is 0 Å². The van der Waals surface area contributed by atoms with Crippen LogP contribution in [0.3, 0.4) is 0 Å². The average Bonchev–Trinajstić information content (AvgIpc) is 2.29. The van der Waals surface area contributed by atoms with E-state index in [1.807, 2.05) is 13.8 Å². The van der Waals surface area contributed by atoms with Gasteiger partial charge in [-0.3, -0.25) is 0 Å². The Kier molecular flexibility index (Phi) is 4.94. The van der Waals surface area contributed by atoms with Crippen LogP contribution in [0.2, 0.25) is 5.02 Å². The van der Waals surface area contributed by atoms with Gasteiger partial charge in [-0.15, -0.1) is 0 Å². The Hall–Kier alpha value is -0.620. The van der Waals surface area contributed by atoms with Crippen LogP contribution in [0.4, 0.5) is 0 Å². The third kappa shape index (κ3) is 3.96. The topological polar surface area (TPSA) is 58.2 Å². The molecule has 0 bridgehead atoms. The van der Waals surface area contributed by atoms with Crippen LogP contribution in [0, 0.1) is 6.92 Å². The first-order valence-electron chi connectivity index (χ1n) is 5.30. The van der Waals surface area contributed by atoms with Gasteiger partial charge in [0.25, 0.3) is 0 Å². The molecule has 6 heteroatoms. The number of benzene rings is 1. The molecule has 0 heterocycles. The molecule has 1 atom stereocenters. The summed E-state index contributed by atoms with van der Waals surface area (Å²) < 4.78 is 26.4. The summed E-state index contributed by atoms with van der Waals surface area (Å²) in [4.78, 5) is 0.191. The highest BCUT2D eigenvalue weighted by Crippen LogP contribution is 2.19. The normalized spacial score (nSPS) is 13.6. The molecule has 1 rings (SSSR count). The van der Waals surface area contributed by atoms with Crippen LogP contribution in [-0.2, 0) is 10.0 Å². The standard InChI is InChI=1S/C11H17ClN2O2S/c1-8-4-5-10(6-11(8)12)17(15,16)14-7-9(2)13-3/h4-6,9,13-14H,7H2,1-3H3. The number of nitrogens with one attached hydrogen (secondary N) is 2. The van der Waals surface area contributed by atoms with Crippen molar-refractivity contribution in [3.8, 4) is 0 Å². The second kappa shape index (κ2) is 5.82. The van der Waals surface area contributed by atoms with Crippen LogP contribution >= 0.6 is 11.6 Å². The molecule has 0 saturated carbocycles. The first-order valence-corrected chi connectivity index (χ1v) is 7.16. The molecule has 17 heavy (non-hydrogen) atoms. The fourth-order valence-corrected chi connectivity index (χ4v) is 2.56. The van der Waals surface area contributed by atoms with Crippen molar-refractivity contribution in [3.63, 3.8) is 0 Å². The number of hydrogen-bond donors (Lipinski definition) is 2. The summed E-state index contributed by atoms with van der Waals surface area (Å²) in [5.41, 5.74) is 0.856. The zero-order valence-electron chi connectivity index (χ0n) is 10.1. The molecule has 0 radical (unpaired) electrons. The van der Waals surface area contributed by atoms with Crippen molar-refractivity contribution in [2.75, 3.05) is 13.6 Å². The van der Waals surface area contributed by atoms with E-state index in [-0.39, 0.29) is 10.9 Å². The maximum absolute atomic E-state index is 11.9. The summed E-state index contributed by atoms with van der Waals surface area (Å²) in [5.74, 6) is 0. The summed E-state index contributed by atoms with van der Waals surface area (Å²) in [6.07, 6.45) is 0. The van der Waals surface area contributed by atoms with Gasteiger partial charge in [0, 0.05) is 17.6 Å². The Bertz CT molecular complexity index is 488. The molecule has 4 nitrogen and oxygen atoms in total. The SMILES string of the molecule is CNC(C)CNS(=O)(=O)c1ccc(C)c(Cl)c1. The number of aryl methyl sites for hydroxylation is 1. The van der Waals surface area contributed by atoms with E-state index in [9.17, 15) is 8.42 Å². The lowest BCUT2D eigenvalue weighted by atomic mass is 10.2. The Balaban J connectivity index is 2.86. The monoisotopic (exact) mass is 276 g/mol. The van der Waals surface area contributed by atoms with Crippen molar-refractivity contribution in [2.24, 2.45) is 0 Å². The quantitative estimate of drug-likeness (QED) is 0.858. The van der Waals surface area contributed by atoms with Crippen molar-refractivity contribution in [3.05, 3.63) is 28.8 Å². The number of rotatable bonds is 5. The summed E-state index contributed by atoms with van der Waals surface area (Å²) >= 11 is 5.91. The molecule has 1 unspecified atom stereocenters. The van der Waals surface area contributed by atoms with E-state index in [0.717, 1.165) is 5.56 Å². The summed E-state index contributed by atoms with van der Waals surface area (Å²) in [6.45, 7) is 4.06. The van der Waals surface area contributed by atoms with Crippen molar-refractivity contribution in [1.29, 1.82) is 0 Å². The van der Waals surface area contributed by atoms with Gasteiger partial charge in [-0.05, 0) is 38.6 Å². The molecule has 96 valence electrons. The maximum Gasteiger partial charge on any atom is 0.240 e. The van der Waals surface area contributed by atoms with Crippen molar-refractivity contribution >= 4 is 21.6 Å². The molecule has 1 aromatic rings. The van der Waals surface area contributed by atoms with E-state index in [2.05, 4.69) is 10.0 Å². The van der Waals surface area contributed by atoms with Crippen LogP contribution in [0.15, 0.2) is 23.1 Å². The van der Waals surface area contributed by atoms with Gasteiger partial charge in [-0.2, -0.15) is 0 Å². The highest BCUT2D eigenvalue weighted by Gasteiger charge is 2.15. The lowest BCUT2D eigenvalue weighted by Crippen LogP contribution is -2.37. The van der Waals surface area contributed by atoms with E-state index in [4.69, 9.17) is 11.6 Å². The summed E-state index contributed by atoms with van der Waals surface area (Å²) in [6, 6.07) is 4.78. The van der Waals surface area contributed by atoms with Gasteiger partial charge < -0.3 is 5.32 Å². The molecule has 0 saturated heterocycles. The van der Waals surface area contributed by atoms with Gasteiger partial charge >= 0.3 is 0 Å². The highest BCUT2D eigenvalue weighted by atomic mass is 35.5. The first kappa shape index (κ1) is 14.4. The smallest absolute Gasteiger partial charge is 0.240 e. The number of sulfonamides is 1. The zero-order chi connectivity index (χ0) is 13.1.